The van der Waals surface area contributed by atoms with E-state index in [1.807, 2.05) is 41.1 Å². The van der Waals surface area contributed by atoms with Gasteiger partial charge in [-0.3, -0.25) is 4.98 Å². The molecule has 8 nitrogen and oxygen atoms in total. The Labute approximate surface area is 251 Å². The van der Waals surface area contributed by atoms with Gasteiger partial charge in [-0.15, -0.1) is 0 Å². The second kappa shape index (κ2) is 13.3. The van der Waals surface area contributed by atoms with Gasteiger partial charge in [0.1, 0.15) is 0 Å². The van der Waals surface area contributed by atoms with Crippen molar-refractivity contribution in [3.05, 3.63) is 113 Å². The van der Waals surface area contributed by atoms with Gasteiger partial charge < -0.3 is 14.8 Å². The number of carbonyl (C=O) groups excluding carboxylic acids is 1. The molecule has 1 heterocycles. The van der Waals surface area contributed by atoms with Gasteiger partial charge >= 0.3 is 6.03 Å². The summed E-state index contributed by atoms with van der Waals surface area (Å²) in [5.41, 5.74) is 3.65. The molecule has 2 N–H and O–H groups in total. The number of aromatic nitrogens is 1. The Morgan fingerprint density at radius 1 is 0.929 bits per heavy atom. The lowest BCUT2D eigenvalue weighted by Gasteiger charge is -2.22. The van der Waals surface area contributed by atoms with Gasteiger partial charge in [-0.2, -0.15) is 0 Å². The van der Waals surface area contributed by atoms with Gasteiger partial charge in [0.05, 0.1) is 18.1 Å². The predicted octanol–water partition coefficient (Wildman–Crippen LogP) is 6.95. The lowest BCUT2D eigenvalue weighted by atomic mass is 9.86. The van der Waals surface area contributed by atoms with Crippen LogP contribution in [-0.2, 0) is 16.4 Å². The van der Waals surface area contributed by atoms with Crippen molar-refractivity contribution < 1.29 is 22.7 Å². The van der Waals surface area contributed by atoms with Crippen LogP contribution >= 0.6 is 11.6 Å². The minimum absolute atomic E-state index is 0.0302. The number of nitrogens with zero attached hydrogens (tertiary/aromatic N) is 1. The number of benzene rings is 3. The van der Waals surface area contributed by atoms with Crippen LogP contribution in [0, 0.1) is 0 Å². The number of urea groups is 1. The first-order chi connectivity index (χ1) is 20.3. The van der Waals surface area contributed by atoms with Gasteiger partial charge in [-0.25, -0.2) is 17.9 Å². The molecule has 1 aliphatic rings. The fourth-order valence-electron chi connectivity index (χ4n) is 5.12. The molecule has 2 amide bonds. The van der Waals surface area contributed by atoms with Crippen LogP contribution in [0.2, 0.25) is 5.02 Å². The molecule has 0 spiro atoms. The topological polar surface area (TPSA) is 107 Å². The Morgan fingerprint density at radius 3 is 2.26 bits per heavy atom. The molecule has 10 heteroatoms. The largest absolute Gasteiger partial charge is 0.493 e. The van der Waals surface area contributed by atoms with Gasteiger partial charge in [0.2, 0.25) is 0 Å². The van der Waals surface area contributed by atoms with E-state index in [9.17, 15) is 13.2 Å². The van der Waals surface area contributed by atoms with E-state index in [1.54, 1.807) is 31.6 Å². The van der Waals surface area contributed by atoms with E-state index in [4.69, 9.17) is 21.1 Å². The molecule has 1 fully saturated rings. The molecule has 1 aliphatic carbocycles. The van der Waals surface area contributed by atoms with Gasteiger partial charge in [0, 0.05) is 29.0 Å². The van der Waals surface area contributed by atoms with Crippen molar-refractivity contribution in [3.63, 3.8) is 0 Å². The van der Waals surface area contributed by atoms with Crippen molar-refractivity contribution in [2.75, 3.05) is 12.4 Å². The number of anilines is 1. The van der Waals surface area contributed by atoms with Crippen LogP contribution in [0.5, 0.6) is 11.5 Å². The number of nitrogens with one attached hydrogen (secondary N) is 2. The van der Waals surface area contributed by atoms with Crippen molar-refractivity contribution in [2.24, 2.45) is 0 Å². The van der Waals surface area contributed by atoms with Crippen LogP contribution in [0.3, 0.4) is 0 Å². The summed E-state index contributed by atoms with van der Waals surface area (Å²) < 4.78 is 39.1. The number of pyridine rings is 1. The first-order valence-corrected chi connectivity index (χ1v) is 15.6. The first-order valence-electron chi connectivity index (χ1n) is 13.7. The zero-order valence-corrected chi connectivity index (χ0v) is 24.7. The summed E-state index contributed by atoms with van der Waals surface area (Å²) in [7, 11) is -2.41. The molecule has 0 aliphatic heterocycles. The van der Waals surface area contributed by atoms with Crippen molar-refractivity contribution in [1.29, 1.82) is 0 Å². The quantitative estimate of drug-likeness (QED) is 0.203. The second-order valence-corrected chi connectivity index (χ2v) is 12.3. The van der Waals surface area contributed by atoms with Crippen LogP contribution in [0.4, 0.5) is 10.5 Å². The summed E-state index contributed by atoms with van der Waals surface area (Å²) in [5, 5.41) is 3.00. The van der Waals surface area contributed by atoms with E-state index in [0.717, 1.165) is 35.3 Å². The van der Waals surface area contributed by atoms with Crippen LogP contribution < -0.4 is 19.5 Å². The molecule has 1 atom stereocenters. The summed E-state index contributed by atoms with van der Waals surface area (Å²) >= 11 is 5.84. The molecule has 42 heavy (non-hydrogen) atoms. The zero-order chi connectivity index (χ0) is 29.5. The number of rotatable bonds is 10. The molecule has 1 aromatic heterocycles. The average Bonchev–Trinajstić information content (AvgIpc) is 3.50. The minimum atomic E-state index is -4.06. The van der Waals surface area contributed by atoms with Crippen molar-refractivity contribution in [3.8, 4) is 11.5 Å². The number of hydrogen-bond acceptors (Lipinski definition) is 6. The number of amides is 2. The normalized spacial score (nSPS) is 14.2. The number of carbonyl (C=O) groups is 1. The Bertz CT molecular complexity index is 1610. The molecule has 0 radical (unpaired) electrons. The van der Waals surface area contributed by atoms with E-state index >= 15 is 0 Å². The molecule has 4 aromatic rings. The molecule has 0 saturated heterocycles. The van der Waals surface area contributed by atoms with Crippen LogP contribution in [-0.4, -0.2) is 32.6 Å². The Morgan fingerprint density at radius 2 is 1.60 bits per heavy atom. The molecular weight excluding hydrogens is 574 g/mol. The Kier molecular flexibility index (Phi) is 9.29. The SMILES string of the molecule is COc1ccc(C(Cc2ccncc2)c2ccc(NC(=O)NS(=O)(=O)c3ccc(Cl)cc3)cc2)cc1OC1CCCC1. The second-order valence-electron chi connectivity index (χ2n) is 10.2. The van der Waals surface area contributed by atoms with Crippen LogP contribution in [0.1, 0.15) is 48.3 Å². The van der Waals surface area contributed by atoms with Crippen molar-refractivity contribution in [2.45, 2.75) is 49.0 Å². The highest BCUT2D eigenvalue weighted by molar-refractivity contribution is 7.90. The maximum Gasteiger partial charge on any atom is 0.333 e. The number of hydrogen-bond donors (Lipinski definition) is 2. The predicted molar refractivity (Wildman–Crippen MR) is 163 cm³/mol. The molecule has 1 unspecified atom stereocenters. The number of sulfonamides is 1. The fourth-order valence-corrected chi connectivity index (χ4v) is 6.15. The summed E-state index contributed by atoms with van der Waals surface area (Å²) in [4.78, 5) is 16.6. The highest BCUT2D eigenvalue weighted by Gasteiger charge is 2.22. The van der Waals surface area contributed by atoms with Crippen molar-refractivity contribution in [1.82, 2.24) is 9.71 Å². The van der Waals surface area contributed by atoms with Crippen molar-refractivity contribution >= 4 is 33.3 Å². The Balaban J connectivity index is 1.36. The molecule has 3 aromatic carbocycles. The van der Waals surface area contributed by atoms with Gasteiger partial charge in [0.25, 0.3) is 10.0 Å². The average molecular weight is 606 g/mol. The third-order valence-corrected chi connectivity index (χ3v) is 8.90. The van der Waals surface area contributed by atoms with E-state index in [0.29, 0.717) is 22.9 Å². The summed E-state index contributed by atoms with van der Waals surface area (Å²) in [6.45, 7) is 0. The van der Waals surface area contributed by atoms with Gasteiger partial charge in [-0.1, -0.05) is 29.8 Å². The van der Waals surface area contributed by atoms with E-state index in [-0.39, 0.29) is 16.9 Å². The molecule has 218 valence electrons. The van der Waals surface area contributed by atoms with Crippen LogP contribution in [0.25, 0.3) is 0 Å². The van der Waals surface area contributed by atoms with Crippen LogP contribution in [0.15, 0.2) is 96.2 Å². The smallest absolute Gasteiger partial charge is 0.333 e. The molecular formula is C32H32ClN3O5S. The minimum Gasteiger partial charge on any atom is -0.493 e. The fraction of sp³-hybridized carbons (Fsp3) is 0.250. The summed E-state index contributed by atoms with van der Waals surface area (Å²) in [6.07, 6.45) is 8.87. The lowest BCUT2D eigenvalue weighted by molar-refractivity contribution is 0.200. The number of halogens is 1. The Hall–Kier alpha value is -4.08. The summed E-state index contributed by atoms with van der Waals surface area (Å²) in [5.74, 6) is 1.41. The monoisotopic (exact) mass is 605 g/mol. The molecule has 0 bridgehead atoms. The maximum atomic E-state index is 12.6. The standard InChI is InChI=1S/C32H32ClN3O5S/c1-40-30-15-8-24(21-31(30)41-27-4-2-3-5-27)29(20-22-16-18-34-19-17-22)23-6-11-26(12-7-23)35-32(37)36-42(38,39)28-13-9-25(33)10-14-28/h6-19,21,27,29H,2-5,20H2,1H3,(H2,35,36,37). The van der Waals surface area contributed by atoms with Gasteiger partial charge in [-0.05, 0) is 109 Å². The molecule has 1 saturated carbocycles. The first kappa shape index (κ1) is 29.4. The highest BCUT2D eigenvalue weighted by atomic mass is 35.5. The third kappa shape index (κ3) is 7.40. The number of methoxy groups -OCH3 is 1. The highest BCUT2D eigenvalue weighted by Crippen LogP contribution is 2.37. The number of ether oxygens (including phenoxy) is 2. The third-order valence-electron chi connectivity index (χ3n) is 7.30. The lowest BCUT2D eigenvalue weighted by Crippen LogP contribution is -2.34. The maximum absolute atomic E-state index is 12.6. The van der Waals surface area contributed by atoms with E-state index in [2.05, 4.69) is 16.4 Å². The summed E-state index contributed by atoms with van der Waals surface area (Å²) in [6, 6.07) is 22.1. The van der Waals surface area contributed by atoms with E-state index < -0.39 is 16.1 Å². The molecule has 5 rings (SSSR count). The van der Waals surface area contributed by atoms with Gasteiger partial charge in [0.15, 0.2) is 11.5 Å². The zero-order valence-electron chi connectivity index (χ0n) is 23.1. The van der Waals surface area contributed by atoms with E-state index in [1.165, 1.54) is 37.1 Å².